The van der Waals surface area contributed by atoms with Crippen molar-refractivity contribution in [1.29, 1.82) is 0 Å². The van der Waals surface area contributed by atoms with E-state index in [1.54, 1.807) is 0 Å². The molecule has 0 bridgehead atoms. The molecule has 94 valence electrons. The Hall–Kier alpha value is -1.62. The molecule has 0 aliphatic heterocycles. The van der Waals surface area contributed by atoms with Gasteiger partial charge in [-0.1, -0.05) is 17.8 Å². The average molecular weight is 266 g/mol. The Labute approximate surface area is 108 Å². The highest BCUT2D eigenvalue weighted by molar-refractivity contribution is 7.99. The fourth-order valence-electron chi connectivity index (χ4n) is 1.42. The molecule has 18 heavy (non-hydrogen) atoms. The first-order valence-electron chi connectivity index (χ1n) is 5.34. The molecule has 1 heterocycles. The largest absolute Gasteiger partial charge is 0.381 e. The summed E-state index contributed by atoms with van der Waals surface area (Å²) in [5, 5.41) is 0.0807. The Morgan fingerprint density at radius 1 is 1.06 bits per heavy atom. The molecule has 0 fully saturated rings. The number of rotatable bonds is 2. The molecule has 0 radical (unpaired) electrons. The molecule has 2 rings (SSSR count). The van der Waals surface area contributed by atoms with Crippen molar-refractivity contribution >= 4 is 17.6 Å². The molecule has 5 heteroatoms. The van der Waals surface area contributed by atoms with Crippen LogP contribution in [0.4, 0.5) is 14.6 Å². The number of nitrogen functional groups attached to an aromatic ring is 1. The van der Waals surface area contributed by atoms with E-state index in [4.69, 9.17) is 5.73 Å². The second kappa shape index (κ2) is 4.94. The van der Waals surface area contributed by atoms with E-state index < -0.39 is 11.6 Å². The Kier molecular flexibility index (Phi) is 3.52. The summed E-state index contributed by atoms with van der Waals surface area (Å²) in [4.78, 5) is 4.55. The van der Waals surface area contributed by atoms with Crippen LogP contribution in [-0.4, -0.2) is 4.98 Å². The lowest BCUT2D eigenvalue weighted by Gasteiger charge is -2.06. The molecule has 2 nitrogen and oxygen atoms in total. The Bertz CT molecular complexity index is 600. The lowest BCUT2D eigenvalue weighted by molar-refractivity contribution is 0.552. The molecule has 1 aromatic heterocycles. The number of benzene rings is 1. The van der Waals surface area contributed by atoms with Crippen LogP contribution >= 0.6 is 11.8 Å². The normalized spacial score (nSPS) is 10.7. The number of hydrogen-bond acceptors (Lipinski definition) is 3. The first-order chi connectivity index (χ1) is 8.47. The quantitative estimate of drug-likeness (QED) is 0.900. The SMILES string of the molecule is Cc1ccc(Sc2nc(N)c(F)cc2F)cc1C. The highest BCUT2D eigenvalue weighted by Gasteiger charge is 2.11. The maximum Gasteiger partial charge on any atom is 0.168 e. The van der Waals surface area contributed by atoms with E-state index in [0.29, 0.717) is 0 Å². The minimum atomic E-state index is -0.836. The van der Waals surface area contributed by atoms with Gasteiger partial charge in [-0.05, 0) is 37.1 Å². The molecule has 2 aromatic rings. The minimum absolute atomic E-state index is 0.0807. The summed E-state index contributed by atoms with van der Waals surface area (Å²) in [6.07, 6.45) is 0. The average Bonchev–Trinajstić information content (AvgIpc) is 2.31. The molecule has 0 aliphatic rings. The smallest absolute Gasteiger partial charge is 0.168 e. The van der Waals surface area contributed by atoms with Gasteiger partial charge < -0.3 is 5.73 Å². The van der Waals surface area contributed by atoms with Gasteiger partial charge in [0, 0.05) is 11.0 Å². The van der Waals surface area contributed by atoms with E-state index in [2.05, 4.69) is 4.98 Å². The third-order valence-corrected chi connectivity index (χ3v) is 3.59. The van der Waals surface area contributed by atoms with Crippen LogP contribution < -0.4 is 5.73 Å². The van der Waals surface area contributed by atoms with Gasteiger partial charge in [-0.25, -0.2) is 13.8 Å². The first-order valence-corrected chi connectivity index (χ1v) is 6.15. The van der Waals surface area contributed by atoms with Crippen molar-refractivity contribution in [3.63, 3.8) is 0 Å². The zero-order valence-corrected chi connectivity index (χ0v) is 10.8. The molecule has 0 spiro atoms. The third-order valence-electron chi connectivity index (χ3n) is 2.62. The maximum atomic E-state index is 13.5. The molecular formula is C13H12F2N2S. The van der Waals surface area contributed by atoms with E-state index in [1.807, 2.05) is 32.0 Å². The van der Waals surface area contributed by atoms with E-state index >= 15 is 0 Å². The number of aryl methyl sites for hydroxylation is 2. The fraction of sp³-hybridized carbons (Fsp3) is 0.154. The van der Waals surface area contributed by atoms with Crippen LogP contribution in [0.15, 0.2) is 34.2 Å². The van der Waals surface area contributed by atoms with Crippen molar-refractivity contribution in [1.82, 2.24) is 4.98 Å². The van der Waals surface area contributed by atoms with Gasteiger partial charge in [-0.3, -0.25) is 0 Å². The fourth-order valence-corrected chi connectivity index (χ4v) is 2.32. The molecule has 0 saturated heterocycles. The second-order valence-electron chi connectivity index (χ2n) is 3.99. The topological polar surface area (TPSA) is 38.9 Å². The van der Waals surface area contributed by atoms with Crippen LogP contribution in [0.3, 0.4) is 0 Å². The number of nitrogens with two attached hydrogens (primary N) is 1. The van der Waals surface area contributed by atoms with E-state index in [0.717, 1.165) is 33.9 Å². The standard InChI is InChI=1S/C13H12F2N2S/c1-7-3-4-9(5-8(7)2)18-13-11(15)6-10(14)12(16)17-13/h3-6H,1-2H3,(H2,16,17). The van der Waals surface area contributed by atoms with Gasteiger partial charge in [0.25, 0.3) is 0 Å². The summed E-state index contributed by atoms with van der Waals surface area (Å²) in [6.45, 7) is 3.97. The van der Waals surface area contributed by atoms with Crippen molar-refractivity contribution in [3.05, 3.63) is 47.0 Å². The van der Waals surface area contributed by atoms with Gasteiger partial charge in [-0.15, -0.1) is 0 Å². The number of pyridine rings is 1. The van der Waals surface area contributed by atoms with Crippen LogP contribution in [0.5, 0.6) is 0 Å². The molecule has 0 saturated carbocycles. The van der Waals surface area contributed by atoms with Gasteiger partial charge in [0.1, 0.15) is 5.03 Å². The molecule has 0 unspecified atom stereocenters. The monoisotopic (exact) mass is 266 g/mol. The summed E-state index contributed by atoms with van der Waals surface area (Å²) >= 11 is 1.13. The lowest BCUT2D eigenvalue weighted by Crippen LogP contribution is -1.98. The molecule has 0 amide bonds. The highest BCUT2D eigenvalue weighted by atomic mass is 32.2. The molecule has 1 aromatic carbocycles. The van der Waals surface area contributed by atoms with E-state index in [9.17, 15) is 8.78 Å². The lowest BCUT2D eigenvalue weighted by atomic mass is 10.1. The molecule has 0 aliphatic carbocycles. The van der Waals surface area contributed by atoms with Crippen molar-refractivity contribution < 1.29 is 8.78 Å². The van der Waals surface area contributed by atoms with Crippen molar-refractivity contribution in [3.8, 4) is 0 Å². The van der Waals surface area contributed by atoms with Crippen LogP contribution in [0.25, 0.3) is 0 Å². The van der Waals surface area contributed by atoms with Crippen molar-refractivity contribution in [2.24, 2.45) is 0 Å². The number of nitrogens with zero attached hydrogens (tertiary/aromatic N) is 1. The van der Waals surface area contributed by atoms with Gasteiger partial charge >= 0.3 is 0 Å². The Morgan fingerprint density at radius 3 is 2.44 bits per heavy atom. The number of anilines is 1. The highest BCUT2D eigenvalue weighted by Crippen LogP contribution is 2.30. The zero-order valence-electron chi connectivity index (χ0n) is 10.00. The predicted molar refractivity (Wildman–Crippen MR) is 68.6 cm³/mol. The number of aromatic nitrogens is 1. The summed E-state index contributed by atoms with van der Waals surface area (Å²) in [5.41, 5.74) is 7.60. The van der Waals surface area contributed by atoms with Crippen LogP contribution in [0, 0.1) is 25.5 Å². The summed E-state index contributed by atoms with van der Waals surface area (Å²) in [6, 6.07) is 6.50. The maximum absolute atomic E-state index is 13.5. The zero-order chi connectivity index (χ0) is 13.3. The first kappa shape index (κ1) is 12.8. The number of halogens is 2. The van der Waals surface area contributed by atoms with Gasteiger partial charge in [0.05, 0.1) is 0 Å². The second-order valence-corrected chi connectivity index (χ2v) is 5.05. The van der Waals surface area contributed by atoms with Crippen LogP contribution in [0.1, 0.15) is 11.1 Å². The summed E-state index contributed by atoms with van der Waals surface area (Å²) in [5.74, 6) is -1.83. The molecular weight excluding hydrogens is 254 g/mol. The predicted octanol–water partition coefficient (Wildman–Crippen LogP) is 3.71. The third kappa shape index (κ3) is 2.61. The van der Waals surface area contributed by atoms with E-state index in [-0.39, 0.29) is 10.8 Å². The van der Waals surface area contributed by atoms with Crippen LogP contribution in [0.2, 0.25) is 0 Å². The van der Waals surface area contributed by atoms with E-state index in [1.165, 1.54) is 0 Å². The van der Waals surface area contributed by atoms with Crippen LogP contribution in [-0.2, 0) is 0 Å². The summed E-state index contributed by atoms with van der Waals surface area (Å²) in [7, 11) is 0. The molecule has 2 N–H and O–H groups in total. The van der Waals surface area contributed by atoms with Gasteiger partial charge in [0.15, 0.2) is 17.5 Å². The van der Waals surface area contributed by atoms with Gasteiger partial charge in [0.2, 0.25) is 0 Å². The number of hydrogen-bond donors (Lipinski definition) is 1. The van der Waals surface area contributed by atoms with Crippen molar-refractivity contribution in [2.75, 3.05) is 5.73 Å². The molecule has 0 atom stereocenters. The Morgan fingerprint density at radius 2 is 1.78 bits per heavy atom. The summed E-state index contributed by atoms with van der Waals surface area (Å²) < 4.78 is 26.5. The Balaban J connectivity index is 2.34. The van der Waals surface area contributed by atoms with Gasteiger partial charge in [-0.2, -0.15) is 0 Å². The minimum Gasteiger partial charge on any atom is -0.381 e. The van der Waals surface area contributed by atoms with Crippen molar-refractivity contribution in [2.45, 2.75) is 23.8 Å².